The zero-order chi connectivity index (χ0) is 24.0. The predicted molar refractivity (Wildman–Crippen MR) is 137 cm³/mol. The van der Waals surface area contributed by atoms with Gasteiger partial charge in [0.05, 0.1) is 18.8 Å². The van der Waals surface area contributed by atoms with Crippen LogP contribution in [0.1, 0.15) is 31.4 Å². The minimum atomic E-state index is -0.0374. The molecule has 182 valence electrons. The van der Waals surface area contributed by atoms with Crippen LogP contribution in [0.5, 0.6) is 0 Å². The lowest BCUT2D eigenvalue weighted by molar-refractivity contribution is -0.117. The molecule has 1 saturated heterocycles. The van der Waals surface area contributed by atoms with Gasteiger partial charge in [0.15, 0.2) is 5.16 Å². The van der Waals surface area contributed by atoms with Gasteiger partial charge < -0.3 is 25.3 Å². The Morgan fingerprint density at radius 1 is 1.11 bits per heavy atom. The number of H-pyrrole nitrogens is 1. The van der Waals surface area contributed by atoms with Crippen LogP contribution in [0.15, 0.2) is 52.6 Å². The third-order valence-corrected chi connectivity index (χ3v) is 7.91. The summed E-state index contributed by atoms with van der Waals surface area (Å²) in [7, 11) is 1.83. The van der Waals surface area contributed by atoms with Gasteiger partial charge in [-0.1, -0.05) is 0 Å². The Morgan fingerprint density at radius 2 is 1.89 bits per heavy atom. The third kappa shape index (κ3) is 4.88. The summed E-state index contributed by atoms with van der Waals surface area (Å²) in [6.45, 7) is 3.73. The van der Waals surface area contributed by atoms with Crippen LogP contribution in [0.3, 0.4) is 0 Å². The predicted octanol–water partition coefficient (Wildman–Crippen LogP) is 4.97. The maximum Gasteiger partial charge on any atom is 0.227 e. The van der Waals surface area contributed by atoms with E-state index in [0.717, 1.165) is 59.5 Å². The topological polar surface area (TPSA) is 95.2 Å². The highest BCUT2D eigenvalue weighted by Gasteiger charge is 2.54. The molecule has 0 atom stereocenters. The minimum absolute atomic E-state index is 0.0374. The van der Waals surface area contributed by atoms with Gasteiger partial charge in [0.1, 0.15) is 17.2 Å². The molecule has 0 unspecified atom stereocenters. The standard InChI is InChI=1S/C26H30N6O2S/c1-16-11-20(13-27-16)28-22-12-23(32-14-26(15-32,34-2)18-5-6-18)31-25(30-22)35-21-9-7-19(8-10-21)29-24(33)17-3-4-17/h7-13,17-18,27H,3-6,14-15H2,1-2H3,(H,29,33)(H,28,30,31). The number of aryl methyl sites for hydroxylation is 1. The van der Waals surface area contributed by atoms with Crippen LogP contribution in [0, 0.1) is 18.8 Å². The molecule has 9 heteroatoms. The third-order valence-electron chi connectivity index (χ3n) is 7.04. The van der Waals surface area contributed by atoms with Crippen LogP contribution in [0.4, 0.5) is 23.0 Å². The first kappa shape index (κ1) is 22.4. The summed E-state index contributed by atoms with van der Waals surface area (Å²) in [6.07, 6.45) is 6.43. The smallest absolute Gasteiger partial charge is 0.227 e. The van der Waals surface area contributed by atoms with Crippen molar-refractivity contribution in [2.45, 2.75) is 48.3 Å². The lowest BCUT2D eigenvalue weighted by atomic mass is 9.88. The molecule has 8 nitrogen and oxygen atoms in total. The number of carbonyl (C=O) groups is 1. The lowest BCUT2D eigenvalue weighted by Crippen LogP contribution is -2.64. The van der Waals surface area contributed by atoms with E-state index in [1.54, 1.807) is 0 Å². The fourth-order valence-corrected chi connectivity index (χ4v) is 5.41. The van der Waals surface area contributed by atoms with Crippen molar-refractivity contribution >= 4 is 40.7 Å². The monoisotopic (exact) mass is 490 g/mol. The second kappa shape index (κ2) is 8.87. The van der Waals surface area contributed by atoms with Crippen molar-refractivity contribution in [1.29, 1.82) is 0 Å². The van der Waals surface area contributed by atoms with Gasteiger partial charge >= 0.3 is 0 Å². The Kier molecular flexibility index (Phi) is 5.69. The highest BCUT2D eigenvalue weighted by atomic mass is 32.2. The highest BCUT2D eigenvalue weighted by molar-refractivity contribution is 7.99. The van der Waals surface area contributed by atoms with E-state index in [1.165, 1.54) is 24.6 Å². The molecule has 3 heterocycles. The number of carbonyl (C=O) groups excluding carboxylic acids is 1. The van der Waals surface area contributed by atoms with E-state index in [2.05, 4.69) is 26.6 Å². The van der Waals surface area contributed by atoms with E-state index < -0.39 is 0 Å². The molecular weight excluding hydrogens is 460 g/mol. The van der Waals surface area contributed by atoms with Crippen LogP contribution in [-0.4, -0.2) is 46.7 Å². The Labute approximate surface area is 209 Å². The van der Waals surface area contributed by atoms with Crippen molar-refractivity contribution in [3.05, 3.63) is 48.3 Å². The molecule has 1 aromatic carbocycles. The number of benzene rings is 1. The SMILES string of the molecule is COC1(C2CC2)CN(c2cc(Nc3c[nH]c(C)c3)nc(Sc3ccc(NC(=O)C4CC4)cc3)n2)C1. The molecule has 2 aromatic heterocycles. The van der Waals surface area contributed by atoms with Crippen LogP contribution >= 0.6 is 11.8 Å². The molecule has 35 heavy (non-hydrogen) atoms. The number of ether oxygens (including phenoxy) is 1. The second-order valence-electron chi connectivity index (χ2n) is 9.88. The zero-order valence-electron chi connectivity index (χ0n) is 20.0. The number of anilines is 4. The average molecular weight is 491 g/mol. The first-order valence-corrected chi connectivity index (χ1v) is 13.0. The quantitative estimate of drug-likeness (QED) is 0.365. The lowest BCUT2D eigenvalue weighted by Gasteiger charge is -2.50. The molecule has 6 rings (SSSR count). The van der Waals surface area contributed by atoms with E-state index >= 15 is 0 Å². The number of aromatic nitrogens is 3. The largest absolute Gasteiger partial charge is 0.374 e. The molecule has 3 N–H and O–H groups in total. The fourth-order valence-electron chi connectivity index (χ4n) is 4.64. The molecular formula is C26H30N6O2S. The van der Waals surface area contributed by atoms with Crippen LogP contribution < -0.4 is 15.5 Å². The van der Waals surface area contributed by atoms with Crippen molar-refractivity contribution < 1.29 is 9.53 Å². The number of methoxy groups -OCH3 is 1. The van der Waals surface area contributed by atoms with Gasteiger partial charge in [0.25, 0.3) is 0 Å². The number of hydrogen-bond acceptors (Lipinski definition) is 7. The van der Waals surface area contributed by atoms with E-state index in [4.69, 9.17) is 14.7 Å². The number of nitrogens with one attached hydrogen (secondary N) is 3. The van der Waals surface area contributed by atoms with Gasteiger partial charge in [0.2, 0.25) is 5.91 Å². The van der Waals surface area contributed by atoms with Crippen molar-refractivity contribution in [3.63, 3.8) is 0 Å². The van der Waals surface area contributed by atoms with Crippen molar-refractivity contribution in [2.75, 3.05) is 35.7 Å². The number of rotatable bonds is 9. The Hall–Kier alpha value is -3.04. The van der Waals surface area contributed by atoms with Crippen LogP contribution in [0.25, 0.3) is 0 Å². The molecule has 1 aliphatic heterocycles. The zero-order valence-corrected chi connectivity index (χ0v) is 20.8. The molecule has 0 bridgehead atoms. The van der Waals surface area contributed by atoms with Gasteiger partial charge in [-0.05, 0) is 80.6 Å². The molecule has 3 aliphatic rings. The molecule has 2 saturated carbocycles. The summed E-state index contributed by atoms with van der Waals surface area (Å²) < 4.78 is 5.92. The minimum Gasteiger partial charge on any atom is -0.374 e. The molecule has 0 radical (unpaired) electrons. The van der Waals surface area contributed by atoms with Gasteiger partial charge in [-0.3, -0.25) is 4.79 Å². The Bertz CT molecular complexity index is 1230. The van der Waals surface area contributed by atoms with Crippen LogP contribution in [-0.2, 0) is 9.53 Å². The van der Waals surface area contributed by atoms with Crippen LogP contribution in [0.2, 0.25) is 0 Å². The van der Waals surface area contributed by atoms with Gasteiger partial charge in [-0.2, -0.15) is 0 Å². The maximum atomic E-state index is 12.0. The molecule has 0 spiro atoms. The first-order chi connectivity index (χ1) is 17.0. The number of amides is 1. The summed E-state index contributed by atoms with van der Waals surface area (Å²) in [6, 6.07) is 11.9. The van der Waals surface area contributed by atoms with Gasteiger partial charge in [0, 0.05) is 41.6 Å². The molecule has 1 amide bonds. The maximum absolute atomic E-state index is 12.0. The highest BCUT2D eigenvalue weighted by Crippen LogP contribution is 2.47. The molecule has 3 aromatic rings. The van der Waals surface area contributed by atoms with E-state index in [0.29, 0.717) is 11.1 Å². The van der Waals surface area contributed by atoms with Crippen molar-refractivity contribution in [3.8, 4) is 0 Å². The average Bonchev–Trinajstić information content (AvgIpc) is 3.73. The summed E-state index contributed by atoms with van der Waals surface area (Å²) in [5.74, 6) is 2.63. The fraction of sp³-hybridized carbons (Fsp3) is 0.423. The normalized spacial score (nSPS) is 18.7. The number of hydrogen-bond donors (Lipinski definition) is 3. The van der Waals surface area contributed by atoms with E-state index in [9.17, 15) is 4.79 Å². The second-order valence-corrected chi connectivity index (χ2v) is 10.9. The number of nitrogens with zero attached hydrogens (tertiary/aromatic N) is 3. The molecule has 3 fully saturated rings. The summed E-state index contributed by atoms with van der Waals surface area (Å²) in [4.78, 5) is 28.2. The number of aromatic amines is 1. The summed E-state index contributed by atoms with van der Waals surface area (Å²) in [5, 5.41) is 7.07. The van der Waals surface area contributed by atoms with Crippen molar-refractivity contribution in [1.82, 2.24) is 15.0 Å². The molecule has 2 aliphatic carbocycles. The Morgan fingerprint density at radius 3 is 2.51 bits per heavy atom. The van der Waals surface area contributed by atoms with E-state index in [1.807, 2.05) is 50.6 Å². The van der Waals surface area contributed by atoms with Gasteiger partial charge in [-0.25, -0.2) is 9.97 Å². The van der Waals surface area contributed by atoms with Gasteiger partial charge in [-0.15, -0.1) is 0 Å². The summed E-state index contributed by atoms with van der Waals surface area (Å²) in [5.41, 5.74) is 2.83. The summed E-state index contributed by atoms with van der Waals surface area (Å²) >= 11 is 1.51. The van der Waals surface area contributed by atoms with E-state index in [-0.39, 0.29) is 17.4 Å². The first-order valence-electron chi connectivity index (χ1n) is 12.2. The Balaban J connectivity index is 1.21. The van der Waals surface area contributed by atoms with Crippen molar-refractivity contribution in [2.24, 2.45) is 11.8 Å².